The summed E-state index contributed by atoms with van der Waals surface area (Å²) in [6.45, 7) is 7.45. The molecule has 1 atom stereocenters. The summed E-state index contributed by atoms with van der Waals surface area (Å²) in [6.07, 6.45) is 7.01. The predicted molar refractivity (Wildman–Crippen MR) is 172 cm³/mol. The second kappa shape index (κ2) is 15.5. The largest absolute Gasteiger partial charge is 0.490 e. The van der Waals surface area contributed by atoms with Gasteiger partial charge in [-0.05, 0) is 69.2 Å². The van der Waals surface area contributed by atoms with Crippen molar-refractivity contribution in [1.29, 1.82) is 0 Å². The van der Waals surface area contributed by atoms with E-state index in [1.807, 2.05) is 6.92 Å². The number of allylic oxidation sites excluding steroid dienone is 1. The number of aromatic nitrogens is 1. The number of halogens is 1. The molecule has 1 aliphatic rings. The molecule has 0 bridgehead atoms. The molecule has 0 fully saturated rings. The minimum absolute atomic E-state index is 0.00326. The Morgan fingerprint density at radius 1 is 1.04 bits per heavy atom. The molecule has 13 heteroatoms. The minimum atomic E-state index is -0.909. The topological polar surface area (TPSA) is 124 Å². The van der Waals surface area contributed by atoms with Crippen LogP contribution in [-0.4, -0.2) is 56.6 Å². The Labute approximate surface area is 274 Å². The first-order valence-electron chi connectivity index (χ1n) is 14.4. The van der Waals surface area contributed by atoms with Crippen molar-refractivity contribution < 1.29 is 38.0 Å². The van der Waals surface area contributed by atoms with E-state index in [4.69, 9.17) is 41.7 Å². The van der Waals surface area contributed by atoms with Crippen LogP contribution in [0.3, 0.4) is 0 Å². The number of carbonyl (C=O) groups excluding carboxylic acids is 2. The lowest BCUT2D eigenvalue weighted by Gasteiger charge is -2.25. The molecular weight excluding hydrogens is 636 g/mol. The Morgan fingerprint density at radius 2 is 1.78 bits per heavy atom. The molecule has 0 saturated heterocycles. The third-order valence-corrected chi connectivity index (χ3v) is 7.87. The van der Waals surface area contributed by atoms with Crippen LogP contribution < -0.4 is 33.8 Å². The summed E-state index contributed by atoms with van der Waals surface area (Å²) in [4.78, 5) is 44.1. The molecule has 2 heterocycles. The Hall–Kier alpha value is -4.73. The van der Waals surface area contributed by atoms with Crippen molar-refractivity contribution in [2.75, 3.05) is 40.1 Å². The van der Waals surface area contributed by atoms with Crippen LogP contribution in [0.5, 0.6) is 23.0 Å². The van der Waals surface area contributed by atoms with Crippen LogP contribution in [0.15, 0.2) is 51.4 Å². The maximum Gasteiger partial charge on any atom is 0.343 e. The van der Waals surface area contributed by atoms with Crippen LogP contribution in [0, 0.1) is 12.3 Å². The van der Waals surface area contributed by atoms with Gasteiger partial charge in [0.25, 0.3) is 5.56 Å². The monoisotopic (exact) mass is 668 g/mol. The fourth-order valence-corrected chi connectivity index (χ4v) is 6.04. The Balaban J connectivity index is 1.90. The van der Waals surface area contributed by atoms with Gasteiger partial charge in [-0.3, -0.25) is 9.36 Å². The fourth-order valence-electron chi connectivity index (χ4n) is 4.72. The molecule has 4 rings (SSSR count). The first-order valence-corrected chi connectivity index (χ1v) is 15.5. The number of esters is 2. The molecule has 46 heavy (non-hydrogen) atoms. The molecule has 1 aromatic heterocycles. The van der Waals surface area contributed by atoms with Crippen molar-refractivity contribution in [2.24, 2.45) is 4.99 Å². The van der Waals surface area contributed by atoms with E-state index in [-0.39, 0.29) is 30.4 Å². The lowest BCUT2D eigenvalue weighted by Crippen LogP contribution is -2.40. The summed E-state index contributed by atoms with van der Waals surface area (Å²) in [7, 11) is 1.26. The molecule has 1 aliphatic heterocycles. The third-order valence-electron chi connectivity index (χ3n) is 6.60. The molecule has 0 amide bonds. The summed E-state index contributed by atoms with van der Waals surface area (Å²) < 4.78 is 34.6. The number of ether oxygens (including phenoxy) is 6. The first kappa shape index (κ1) is 34.1. The quantitative estimate of drug-likeness (QED) is 0.198. The number of nitrogens with zero attached hydrogens (tertiary/aromatic N) is 2. The van der Waals surface area contributed by atoms with Crippen LogP contribution in [-0.2, 0) is 19.1 Å². The molecule has 2 aromatic carbocycles. The van der Waals surface area contributed by atoms with Gasteiger partial charge in [0.2, 0.25) is 0 Å². The van der Waals surface area contributed by atoms with Crippen molar-refractivity contribution in [3.63, 3.8) is 0 Å². The van der Waals surface area contributed by atoms with E-state index in [1.54, 1.807) is 57.2 Å². The molecule has 0 radical (unpaired) electrons. The fraction of sp³-hybridized carbons (Fsp3) is 0.333. The SMILES string of the molecule is C#CCOc1c(Cl)cc(/C=c2\sc3n(c2=O)[C@H](c2ccc(OCC(=O)OC)c(OCC)c2)C(C(=O)OCC)=C(C)N=3)cc1OCC. The van der Waals surface area contributed by atoms with Gasteiger partial charge in [-0.1, -0.05) is 34.9 Å². The second-order valence-electron chi connectivity index (χ2n) is 9.56. The van der Waals surface area contributed by atoms with Gasteiger partial charge in [0.15, 0.2) is 34.4 Å². The van der Waals surface area contributed by atoms with Crippen LogP contribution in [0.25, 0.3) is 6.08 Å². The summed E-state index contributed by atoms with van der Waals surface area (Å²) in [6, 6.07) is 7.40. The highest BCUT2D eigenvalue weighted by molar-refractivity contribution is 7.07. The average molecular weight is 669 g/mol. The van der Waals surface area contributed by atoms with E-state index in [9.17, 15) is 14.4 Å². The standard InChI is InChI=1S/C33H33ClN2O9S/c1-7-13-44-30-22(34)14-20(15-25(30)42-9-3)16-26-31(38)36-29(28(32(39)43-10-4)19(5)35-33(36)46-26)21-11-12-23(24(17-21)41-8-2)45-18-27(37)40-6/h1,11-12,14-17,29H,8-10,13,18H2,2-6H3/b26-16-/t29-/m1/s1. The van der Waals surface area contributed by atoms with E-state index in [2.05, 4.69) is 15.6 Å². The third kappa shape index (κ3) is 7.38. The van der Waals surface area contributed by atoms with Crippen molar-refractivity contribution in [1.82, 2.24) is 4.57 Å². The van der Waals surface area contributed by atoms with Gasteiger partial charge in [-0.25, -0.2) is 14.6 Å². The van der Waals surface area contributed by atoms with E-state index in [0.29, 0.717) is 62.4 Å². The molecule has 242 valence electrons. The normalized spacial score (nSPS) is 14.1. The summed E-state index contributed by atoms with van der Waals surface area (Å²) in [5.41, 5.74) is 1.32. The number of thiazole rings is 1. The number of hydrogen-bond acceptors (Lipinski definition) is 11. The number of rotatable bonds is 13. The van der Waals surface area contributed by atoms with Crippen molar-refractivity contribution in [3.05, 3.63) is 77.4 Å². The number of terminal acetylenes is 1. The van der Waals surface area contributed by atoms with Crippen LogP contribution in [0.4, 0.5) is 0 Å². The molecule has 11 nitrogen and oxygen atoms in total. The first-order chi connectivity index (χ1) is 22.2. The number of carbonyl (C=O) groups is 2. The van der Waals surface area contributed by atoms with E-state index < -0.39 is 23.5 Å². The maximum atomic E-state index is 14.1. The van der Waals surface area contributed by atoms with E-state index in [0.717, 1.165) is 11.3 Å². The Bertz CT molecular complexity index is 1890. The van der Waals surface area contributed by atoms with Gasteiger partial charge in [-0.2, -0.15) is 0 Å². The zero-order valence-electron chi connectivity index (χ0n) is 26.0. The van der Waals surface area contributed by atoms with Gasteiger partial charge in [0.05, 0.1) is 53.8 Å². The van der Waals surface area contributed by atoms with Gasteiger partial charge >= 0.3 is 11.9 Å². The van der Waals surface area contributed by atoms with Crippen molar-refractivity contribution in [2.45, 2.75) is 33.7 Å². The molecule has 0 N–H and O–H groups in total. The second-order valence-corrected chi connectivity index (χ2v) is 11.0. The number of benzene rings is 2. The molecular formula is C33H33ClN2O9S. The lowest BCUT2D eigenvalue weighted by atomic mass is 9.95. The van der Waals surface area contributed by atoms with E-state index >= 15 is 0 Å². The lowest BCUT2D eigenvalue weighted by molar-refractivity contribution is -0.143. The number of methoxy groups -OCH3 is 1. The highest BCUT2D eigenvalue weighted by Gasteiger charge is 2.34. The molecule has 0 saturated carbocycles. The highest BCUT2D eigenvalue weighted by Crippen LogP contribution is 2.38. The zero-order chi connectivity index (χ0) is 33.4. The highest BCUT2D eigenvalue weighted by atomic mass is 35.5. The predicted octanol–water partition coefficient (Wildman–Crippen LogP) is 3.81. The van der Waals surface area contributed by atoms with Crippen LogP contribution in [0.1, 0.15) is 44.9 Å². The van der Waals surface area contributed by atoms with Gasteiger partial charge in [0, 0.05) is 0 Å². The maximum absolute atomic E-state index is 14.1. The summed E-state index contributed by atoms with van der Waals surface area (Å²) >= 11 is 7.68. The van der Waals surface area contributed by atoms with Gasteiger partial charge in [0.1, 0.15) is 6.61 Å². The van der Waals surface area contributed by atoms with Gasteiger partial charge in [-0.15, -0.1) is 6.42 Å². The Morgan fingerprint density at radius 3 is 2.46 bits per heavy atom. The van der Waals surface area contributed by atoms with Crippen molar-refractivity contribution in [3.8, 4) is 35.3 Å². The zero-order valence-corrected chi connectivity index (χ0v) is 27.6. The van der Waals surface area contributed by atoms with E-state index in [1.165, 1.54) is 11.7 Å². The molecule has 0 aliphatic carbocycles. The van der Waals surface area contributed by atoms with Crippen LogP contribution >= 0.6 is 22.9 Å². The average Bonchev–Trinajstić information content (AvgIpc) is 3.33. The molecule has 3 aromatic rings. The van der Waals surface area contributed by atoms with Crippen LogP contribution in [0.2, 0.25) is 5.02 Å². The van der Waals surface area contributed by atoms with Gasteiger partial charge < -0.3 is 28.4 Å². The number of hydrogen-bond donors (Lipinski definition) is 0. The minimum Gasteiger partial charge on any atom is -0.490 e. The molecule has 0 unspecified atom stereocenters. The summed E-state index contributed by atoms with van der Waals surface area (Å²) in [5, 5.41) is 0.261. The smallest absolute Gasteiger partial charge is 0.343 e. The summed E-state index contributed by atoms with van der Waals surface area (Å²) in [5.74, 6) is 2.51. The Kier molecular flexibility index (Phi) is 11.5. The van der Waals surface area contributed by atoms with Crippen molar-refractivity contribution >= 4 is 41.0 Å². The molecule has 0 spiro atoms. The number of fused-ring (bicyclic) bond motifs is 1.